The van der Waals surface area contributed by atoms with Crippen LogP contribution in [0.15, 0.2) is 65.7 Å². The molecule has 0 saturated carbocycles. The number of anilines is 1. The molecule has 3 rings (SSSR count). The predicted molar refractivity (Wildman–Crippen MR) is 86.0 cm³/mol. The Hall–Kier alpha value is -2.11. The summed E-state index contributed by atoms with van der Waals surface area (Å²) in [6.45, 7) is 7.26. The lowest BCUT2D eigenvalue weighted by Crippen LogP contribution is -2.32. The minimum atomic E-state index is -3.82. The highest BCUT2D eigenvalue weighted by molar-refractivity contribution is 7.93. The fourth-order valence-corrected chi connectivity index (χ4v) is 4.23. The standard InChI is InChI=1S/C17H17NO3S/c1-12-8-10-14(11-9-12)22(20,21)18-13(2)17(3,19)15-6-4-5-7-16(15)18/h4-11,19H,2H2,1,3H3. The number of fused-ring (bicyclic) bond motifs is 1. The molecule has 0 saturated heterocycles. The number of nitrogens with zero attached hydrogens (tertiary/aromatic N) is 1. The Kier molecular flexibility index (Phi) is 3.16. The van der Waals surface area contributed by atoms with E-state index in [0.717, 1.165) is 9.87 Å². The number of rotatable bonds is 2. The van der Waals surface area contributed by atoms with Gasteiger partial charge in [0.2, 0.25) is 0 Å². The largest absolute Gasteiger partial charge is 0.379 e. The summed E-state index contributed by atoms with van der Waals surface area (Å²) in [5.41, 5.74) is 0.684. The van der Waals surface area contributed by atoms with Crippen LogP contribution in [0.25, 0.3) is 0 Å². The zero-order valence-corrected chi connectivity index (χ0v) is 13.3. The molecule has 22 heavy (non-hydrogen) atoms. The molecule has 0 fully saturated rings. The number of hydrogen-bond acceptors (Lipinski definition) is 3. The van der Waals surface area contributed by atoms with Crippen molar-refractivity contribution in [3.8, 4) is 0 Å². The van der Waals surface area contributed by atoms with E-state index in [4.69, 9.17) is 0 Å². The van der Waals surface area contributed by atoms with Gasteiger partial charge in [-0.3, -0.25) is 0 Å². The third-order valence-electron chi connectivity index (χ3n) is 4.01. The number of sulfonamides is 1. The Balaban J connectivity index is 2.20. The van der Waals surface area contributed by atoms with E-state index in [1.54, 1.807) is 55.5 Å². The number of para-hydroxylation sites is 1. The molecule has 1 aliphatic rings. The second-order valence-electron chi connectivity index (χ2n) is 5.62. The van der Waals surface area contributed by atoms with Gasteiger partial charge in [0.05, 0.1) is 16.3 Å². The fraction of sp³-hybridized carbons (Fsp3) is 0.176. The Morgan fingerprint density at radius 1 is 1.09 bits per heavy atom. The number of aryl methyl sites for hydroxylation is 1. The van der Waals surface area contributed by atoms with Crippen molar-refractivity contribution in [1.29, 1.82) is 0 Å². The third-order valence-corrected chi connectivity index (χ3v) is 5.78. The van der Waals surface area contributed by atoms with Gasteiger partial charge in [-0.2, -0.15) is 0 Å². The lowest BCUT2D eigenvalue weighted by atomic mass is 9.96. The maximum atomic E-state index is 13.0. The number of aliphatic hydroxyl groups is 1. The lowest BCUT2D eigenvalue weighted by molar-refractivity contribution is 0.104. The SMILES string of the molecule is C=C1N(S(=O)(=O)c2ccc(C)cc2)c2ccccc2C1(C)O. The summed E-state index contributed by atoms with van der Waals surface area (Å²) in [5.74, 6) is 0. The topological polar surface area (TPSA) is 57.6 Å². The molecule has 0 radical (unpaired) electrons. The van der Waals surface area contributed by atoms with Crippen molar-refractivity contribution in [2.24, 2.45) is 0 Å². The van der Waals surface area contributed by atoms with Crippen LogP contribution in [0.1, 0.15) is 18.1 Å². The van der Waals surface area contributed by atoms with Gasteiger partial charge < -0.3 is 5.11 Å². The molecule has 5 heteroatoms. The summed E-state index contributed by atoms with van der Waals surface area (Å²) in [4.78, 5) is 0.173. The number of benzene rings is 2. The molecule has 2 aromatic rings. The predicted octanol–water partition coefficient (Wildman–Crippen LogP) is 2.93. The van der Waals surface area contributed by atoms with Crippen LogP contribution in [-0.4, -0.2) is 13.5 Å². The van der Waals surface area contributed by atoms with Gasteiger partial charge in [0.1, 0.15) is 5.60 Å². The Morgan fingerprint density at radius 3 is 2.32 bits per heavy atom. The fourth-order valence-electron chi connectivity index (χ4n) is 2.65. The zero-order chi connectivity index (χ0) is 16.1. The van der Waals surface area contributed by atoms with Gasteiger partial charge in [-0.05, 0) is 32.0 Å². The average molecular weight is 315 g/mol. The normalized spacial score (nSPS) is 21.0. The van der Waals surface area contributed by atoms with Crippen molar-refractivity contribution in [2.45, 2.75) is 24.3 Å². The minimum Gasteiger partial charge on any atom is -0.379 e. The van der Waals surface area contributed by atoms with Crippen LogP contribution in [0.5, 0.6) is 0 Å². The van der Waals surface area contributed by atoms with Crippen LogP contribution in [0, 0.1) is 6.92 Å². The van der Waals surface area contributed by atoms with Crippen molar-refractivity contribution < 1.29 is 13.5 Å². The molecule has 0 bridgehead atoms. The molecule has 0 amide bonds. The van der Waals surface area contributed by atoms with Crippen LogP contribution in [0.3, 0.4) is 0 Å². The molecule has 0 spiro atoms. The molecule has 1 heterocycles. The Labute approximate surface area is 130 Å². The summed E-state index contributed by atoms with van der Waals surface area (Å²) >= 11 is 0. The van der Waals surface area contributed by atoms with Crippen LogP contribution in [0.4, 0.5) is 5.69 Å². The van der Waals surface area contributed by atoms with Crippen molar-refractivity contribution >= 4 is 15.7 Å². The first-order valence-corrected chi connectivity index (χ1v) is 8.33. The second kappa shape index (κ2) is 4.69. The molecule has 4 nitrogen and oxygen atoms in total. The van der Waals surface area contributed by atoms with E-state index in [1.165, 1.54) is 0 Å². The molecule has 2 aromatic carbocycles. The Bertz CT molecular complexity index is 852. The monoisotopic (exact) mass is 315 g/mol. The van der Waals surface area contributed by atoms with Crippen LogP contribution in [0.2, 0.25) is 0 Å². The molecule has 114 valence electrons. The van der Waals surface area contributed by atoms with Gasteiger partial charge in [-0.25, -0.2) is 12.7 Å². The molecule has 0 aliphatic carbocycles. The molecule has 1 unspecified atom stereocenters. The first-order valence-electron chi connectivity index (χ1n) is 6.89. The van der Waals surface area contributed by atoms with Gasteiger partial charge in [0.25, 0.3) is 10.0 Å². The van der Waals surface area contributed by atoms with E-state index in [1.807, 2.05) is 6.92 Å². The zero-order valence-electron chi connectivity index (χ0n) is 12.4. The van der Waals surface area contributed by atoms with Gasteiger partial charge in [0, 0.05) is 5.56 Å². The van der Waals surface area contributed by atoms with Crippen molar-refractivity contribution in [2.75, 3.05) is 4.31 Å². The summed E-state index contributed by atoms with van der Waals surface area (Å²) in [6, 6.07) is 13.5. The quantitative estimate of drug-likeness (QED) is 0.927. The van der Waals surface area contributed by atoms with Crippen LogP contribution >= 0.6 is 0 Å². The first kappa shape index (κ1) is 14.8. The highest BCUT2D eigenvalue weighted by Gasteiger charge is 2.46. The van der Waals surface area contributed by atoms with Gasteiger partial charge in [0.15, 0.2) is 0 Å². The smallest absolute Gasteiger partial charge is 0.268 e. The highest BCUT2D eigenvalue weighted by Crippen LogP contribution is 2.47. The summed E-state index contributed by atoms with van der Waals surface area (Å²) < 4.78 is 27.1. The van der Waals surface area contributed by atoms with Crippen molar-refractivity contribution in [3.05, 3.63) is 71.9 Å². The van der Waals surface area contributed by atoms with Crippen LogP contribution in [-0.2, 0) is 15.6 Å². The van der Waals surface area contributed by atoms with Crippen molar-refractivity contribution in [1.82, 2.24) is 0 Å². The maximum Gasteiger partial charge on any atom is 0.268 e. The molecule has 1 atom stereocenters. The first-order chi connectivity index (χ1) is 10.3. The van der Waals surface area contributed by atoms with Gasteiger partial charge >= 0.3 is 0 Å². The van der Waals surface area contributed by atoms with E-state index in [2.05, 4.69) is 6.58 Å². The minimum absolute atomic E-state index is 0.134. The van der Waals surface area contributed by atoms with E-state index in [0.29, 0.717) is 11.3 Å². The molecule has 1 N–H and O–H groups in total. The molecular weight excluding hydrogens is 298 g/mol. The third kappa shape index (κ3) is 1.97. The molecule has 0 aromatic heterocycles. The summed E-state index contributed by atoms with van der Waals surface area (Å²) in [5, 5.41) is 10.6. The maximum absolute atomic E-state index is 13.0. The summed E-state index contributed by atoms with van der Waals surface area (Å²) in [6.07, 6.45) is 0. The molecule has 1 aliphatic heterocycles. The van der Waals surface area contributed by atoms with E-state index in [-0.39, 0.29) is 10.6 Å². The highest BCUT2D eigenvalue weighted by atomic mass is 32.2. The van der Waals surface area contributed by atoms with Gasteiger partial charge in [-0.15, -0.1) is 0 Å². The van der Waals surface area contributed by atoms with Crippen LogP contribution < -0.4 is 4.31 Å². The summed E-state index contributed by atoms with van der Waals surface area (Å²) in [7, 11) is -3.82. The average Bonchev–Trinajstić information content (AvgIpc) is 2.68. The molecular formula is C17H17NO3S. The van der Waals surface area contributed by atoms with Crippen molar-refractivity contribution in [3.63, 3.8) is 0 Å². The van der Waals surface area contributed by atoms with E-state index in [9.17, 15) is 13.5 Å². The van der Waals surface area contributed by atoms with Gasteiger partial charge in [-0.1, -0.05) is 42.5 Å². The second-order valence-corrected chi connectivity index (χ2v) is 7.41. The number of hydrogen-bond donors (Lipinski definition) is 1. The lowest BCUT2D eigenvalue weighted by Gasteiger charge is -2.24. The van der Waals surface area contributed by atoms with E-state index < -0.39 is 15.6 Å². The van der Waals surface area contributed by atoms with E-state index >= 15 is 0 Å². The Morgan fingerprint density at radius 2 is 1.68 bits per heavy atom.